The number of allylic oxidation sites excluding steroid dienone is 1. The van der Waals surface area contributed by atoms with Crippen molar-refractivity contribution < 1.29 is 9.90 Å². The van der Waals surface area contributed by atoms with E-state index in [4.69, 9.17) is 5.11 Å². The molecule has 0 aromatic rings. The SMILES string of the molecule is C=C(C)CC1CCCC(=O)C1CO. The summed E-state index contributed by atoms with van der Waals surface area (Å²) in [5, 5.41) is 9.09. The molecular formula is C11H18O2. The highest BCUT2D eigenvalue weighted by molar-refractivity contribution is 5.82. The quantitative estimate of drug-likeness (QED) is 0.677. The smallest absolute Gasteiger partial charge is 0.138 e. The van der Waals surface area contributed by atoms with Crippen LogP contribution in [0.25, 0.3) is 0 Å². The molecule has 0 radical (unpaired) electrons. The van der Waals surface area contributed by atoms with Crippen molar-refractivity contribution in [1.29, 1.82) is 0 Å². The number of Topliss-reactive ketones (excluding diaryl/α,β-unsaturated/α-hetero) is 1. The van der Waals surface area contributed by atoms with Gasteiger partial charge in [0.2, 0.25) is 0 Å². The highest BCUT2D eigenvalue weighted by Crippen LogP contribution is 2.31. The van der Waals surface area contributed by atoms with Crippen LogP contribution in [0, 0.1) is 11.8 Å². The molecule has 0 saturated heterocycles. The van der Waals surface area contributed by atoms with Gasteiger partial charge in [0.1, 0.15) is 5.78 Å². The van der Waals surface area contributed by atoms with E-state index in [1.165, 1.54) is 0 Å². The first-order valence-corrected chi connectivity index (χ1v) is 4.93. The van der Waals surface area contributed by atoms with Crippen LogP contribution in [-0.2, 0) is 4.79 Å². The first-order chi connectivity index (χ1) is 6.15. The number of carbonyl (C=O) groups excluding carboxylic acids is 1. The minimum atomic E-state index is -0.120. The first kappa shape index (κ1) is 10.5. The summed E-state index contributed by atoms with van der Waals surface area (Å²) in [6.45, 7) is 5.84. The number of hydrogen-bond donors (Lipinski definition) is 1. The van der Waals surface area contributed by atoms with E-state index in [0.29, 0.717) is 12.3 Å². The Morgan fingerprint density at radius 2 is 2.38 bits per heavy atom. The van der Waals surface area contributed by atoms with Gasteiger partial charge in [0.15, 0.2) is 0 Å². The lowest BCUT2D eigenvalue weighted by Crippen LogP contribution is -2.31. The van der Waals surface area contributed by atoms with Crippen molar-refractivity contribution in [2.75, 3.05) is 6.61 Å². The minimum Gasteiger partial charge on any atom is -0.396 e. The Morgan fingerprint density at radius 3 is 2.92 bits per heavy atom. The second-order valence-electron chi connectivity index (χ2n) is 4.07. The maximum absolute atomic E-state index is 11.4. The van der Waals surface area contributed by atoms with Gasteiger partial charge in [0, 0.05) is 12.3 Å². The lowest BCUT2D eigenvalue weighted by molar-refractivity contribution is -0.128. The standard InChI is InChI=1S/C11H18O2/c1-8(2)6-9-4-3-5-11(13)10(9)7-12/h9-10,12H,1,3-7H2,2H3. The van der Waals surface area contributed by atoms with Gasteiger partial charge in [-0.3, -0.25) is 4.79 Å². The molecule has 0 heterocycles. The molecule has 0 amide bonds. The van der Waals surface area contributed by atoms with Crippen LogP contribution >= 0.6 is 0 Å². The van der Waals surface area contributed by atoms with Crippen molar-refractivity contribution in [2.45, 2.75) is 32.6 Å². The molecule has 2 heteroatoms. The molecule has 1 saturated carbocycles. The van der Waals surface area contributed by atoms with Crippen molar-refractivity contribution in [1.82, 2.24) is 0 Å². The van der Waals surface area contributed by atoms with E-state index >= 15 is 0 Å². The molecule has 1 aliphatic carbocycles. The number of aliphatic hydroxyl groups is 1. The fourth-order valence-corrected chi connectivity index (χ4v) is 2.13. The Labute approximate surface area is 79.6 Å². The molecule has 2 atom stereocenters. The van der Waals surface area contributed by atoms with Gasteiger partial charge in [-0.25, -0.2) is 0 Å². The Balaban J connectivity index is 2.59. The van der Waals surface area contributed by atoms with Gasteiger partial charge in [0.25, 0.3) is 0 Å². The van der Waals surface area contributed by atoms with E-state index in [9.17, 15) is 4.79 Å². The fourth-order valence-electron chi connectivity index (χ4n) is 2.13. The third-order valence-corrected chi connectivity index (χ3v) is 2.79. The predicted octanol–water partition coefficient (Wildman–Crippen LogP) is 1.93. The zero-order valence-corrected chi connectivity index (χ0v) is 8.25. The number of carbonyl (C=O) groups is 1. The van der Waals surface area contributed by atoms with Gasteiger partial charge < -0.3 is 5.11 Å². The molecule has 2 nitrogen and oxygen atoms in total. The number of ketones is 1. The summed E-state index contributed by atoms with van der Waals surface area (Å²) in [6.07, 6.45) is 3.58. The van der Waals surface area contributed by atoms with Crippen molar-refractivity contribution >= 4 is 5.78 Å². The monoisotopic (exact) mass is 182 g/mol. The number of hydrogen-bond acceptors (Lipinski definition) is 2. The Morgan fingerprint density at radius 1 is 1.69 bits per heavy atom. The summed E-state index contributed by atoms with van der Waals surface area (Å²) in [5.74, 6) is 0.453. The zero-order valence-electron chi connectivity index (χ0n) is 8.25. The second kappa shape index (κ2) is 4.56. The van der Waals surface area contributed by atoms with Crippen molar-refractivity contribution in [3.05, 3.63) is 12.2 Å². The zero-order chi connectivity index (χ0) is 9.84. The third kappa shape index (κ3) is 2.66. The molecule has 1 aliphatic rings. The normalized spacial score (nSPS) is 28.9. The van der Waals surface area contributed by atoms with Crippen LogP contribution in [0.3, 0.4) is 0 Å². The van der Waals surface area contributed by atoms with Crippen LogP contribution in [-0.4, -0.2) is 17.5 Å². The van der Waals surface area contributed by atoms with Crippen LogP contribution < -0.4 is 0 Å². The van der Waals surface area contributed by atoms with E-state index in [1.54, 1.807) is 0 Å². The highest BCUT2D eigenvalue weighted by atomic mass is 16.3. The maximum atomic E-state index is 11.4. The molecule has 0 aliphatic heterocycles. The number of rotatable bonds is 3. The molecule has 1 N–H and O–H groups in total. The summed E-state index contributed by atoms with van der Waals surface area (Å²) in [5.41, 5.74) is 1.11. The average molecular weight is 182 g/mol. The van der Waals surface area contributed by atoms with E-state index in [2.05, 4.69) is 6.58 Å². The summed E-state index contributed by atoms with van der Waals surface area (Å²) in [7, 11) is 0. The molecule has 0 aromatic carbocycles. The highest BCUT2D eigenvalue weighted by Gasteiger charge is 2.30. The van der Waals surface area contributed by atoms with Gasteiger partial charge in [-0.2, -0.15) is 0 Å². The second-order valence-corrected chi connectivity index (χ2v) is 4.07. The molecule has 1 rings (SSSR count). The molecule has 74 valence electrons. The molecular weight excluding hydrogens is 164 g/mol. The van der Waals surface area contributed by atoms with Gasteiger partial charge >= 0.3 is 0 Å². The molecule has 0 aromatic heterocycles. The van der Waals surface area contributed by atoms with Crippen LogP contribution in [0.5, 0.6) is 0 Å². The van der Waals surface area contributed by atoms with Crippen molar-refractivity contribution in [3.63, 3.8) is 0 Å². The van der Waals surface area contributed by atoms with E-state index < -0.39 is 0 Å². The maximum Gasteiger partial charge on any atom is 0.138 e. The Kier molecular flexibility index (Phi) is 3.67. The lowest BCUT2D eigenvalue weighted by atomic mass is 9.76. The Hall–Kier alpha value is -0.630. The van der Waals surface area contributed by atoms with E-state index in [-0.39, 0.29) is 18.3 Å². The van der Waals surface area contributed by atoms with Gasteiger partial charge in [-0.1, -0.05) is 5.57 Å². The molecule has 2 unspecified atom stereocenters. The lowest BCUT2D eigenvalue weighted by Gasteiger charge is -2.29. The molecule has 0 bridgehead atoms. The molecule has 1 fully saturated rings. The van der Waals surface area contributed by atoms with E-state index in [1.807, 2.05) is 6.92 Å². The average Bonchev–Trinajstić information content (AvgIpc) is 2.03. The third-order valence-electron chi connectivity index (χ3n) is 2.79. The van der Waals surface area contributed by atoms with Crippen LogP contribution in [0.1, 0.15) is 32.6 Å². The summed E-state index contributed by atoms with van der Waals surface area (Å²) >= 11 is 0. The summed E-state index contributed by atoms with van der Waals surface area (Å²) in [4.78, 5) is 11.4. The predicted molar refractivity (Wildman–Crippen MR) is 52.4 cm³/mol. The Bertz CT molecular complexity index is 208. The molecule has 0 spiro atoms. The minimum absolute atomic E-state index is 0.0107. The van der Waals surface area contributed by atoms with Crippen LogP contribution in [0.2, 0.25) is 0 Å². The van der Waals surface area contributed by atoms with E-state index in [0.717, 1.165) is 24.8 Å². The fraction of sp³-hybridized carbons (Fsp3) is 0.727. The van der Waals surface area contributed by atoms with Crippen molar-refractivity contribution in [2.24, 2.45) is 11.8 Å². The first-order valence-electron chi connectivity index (χ1n) is 4.93. The van der Waals surface area contributed by atoms with Crippen molar-refractivity contribution in [3.8, 4) is 0 Å². The summed E-state index contributed by atoms with van der Waals surface area (Å²) < 4.78 is 0. The van der Waals surface area contributed by atoms with Crippen LogP contribution in [0.15, 0.2) is 12.2 Å². The van der Waals surface area contributed by atoms with Gasteiger partial charge in [-0.15, -0.1) is 6.58 Å². The van der Waals surface area contributed by atoms with Gasteiger partial charge in [0.05, 0.1) is 6.61 Å². The largest absolute Gasteiger partial charge is 0.396 e. The summed E-state index contributed by atoms with van der Waals surface area (Å²) in [6, 6.07) is 0. The number of aliphatic hydroxyl groups excluding tert-OH is 1. The van der Waals surface area contributed by atoms with Crippen LogP contribution in [0.4, 0.5) is 0 Å². The van der Waals surface area contributed by atoms with Gasteiger partial charge in [-0.05, 0) is 32.1 Å². The topological polar surface area (TPSA) is 37.3 Å². The molecule has 13 heavy (non-hydrogen) atoms.